The average molecular weight is 328 g/mol. The first kappa shape index (κ1) is 19.8. The number of carbonyl (C=O) groups excluding carboxylic acids is 2. The second-order valence-electron chi connectivity index (χ2n) is 6.43. The third-order valence-electron chi connectivity index (χ3n) is 4.18. The molecule has 0 saturated carbocycles. The van der Waals surface area contributed by atoms with E-state index < -0.39 is 18.2 Å². The summed E-state index contributed by atoms with van der Waals surface area (Å²) in [6.07, 6.45) is 10.8. The Morgan fingerprint density at radius 1 is 1.04 bits per heavy atom. The molecule has 0 radical (unpaired) electrons. The van der Waals surface area contributed by atoms with E-state index in [1.807, 2.05) is 0 Å². The van der Waals surface area contributed by atoms with Gasteiger partial charge in [-0.25, -0.2) is 9.59 Å². The van der Waals surface area contributed by atoms with Gasteiger partial charge in [0.2, 0.25) is 6.10 Å². The van der Waals surface area contributed by atoms with E-state index in [4.69, 9.17) is 14.2 Å². The van der Waals surface area contributed by atoms with Crippen LogP contribution in [0, 0.1) is 5.92 Å². The second kappa shape index (κ2) is 12.2. The van der Waals surface area contributed by atoms with Crippen LogP contribution in [0.25, 0.3) is 0 Å². The molecule has 1 saturated heterocycles. The molecule has 0 N–H and O–H groups in total. The Kier molecular flexibility index (Phi) is 10.5. The Balaban J connectivity index is 1.94. The van der Waals surface area contributed by atoms with E-state index in [9.17, 15) is 9.59 Å². The maximum absolute atomic E-state index is 11.9. The molecule has 134 valence electrons. The third-order valence-corrected chi connectivity index (χ3v) is 4.18. The SMILES string of the molecule is CCCCCCCCCCCCOC(=O)C1OC(=O)OCC1C. The fraction of sp³-hybridized carbons (Fsp3) is 0.889. The number of esters is 1. The standard InChI is InChI=1S/C18H32O5/c1-3-4-5-6-7-8-9-10-11-12-13-21-17(19)16-15(2)14-22-18(20)23-16/h15-16H,3-14H2,1-2H3. The van der Waals surface area contributed by atoms with Crippen molar-refractivity contribution in [1.29, 1.82) is 0 Å². The van der Waals surface area contributed by atoms with Gasteiger partial charge in [0.05, 0.1) is 6.61 Å². The highest BCUT2D eigenvalue weighted by molar-refractivity contribution is 5.78. The van der Waals surface area contributed by atoms with E-state index in [0.29, 0.717) is 6.61 Å². The van der Waals surface area contributed by atoms with Gasteiger partial charge in [0.25, 0.3) is 0 Å². The smallest absolute Gasteiger partial charge is 0.463 e. The van der Waals surface area contributed by atoms with Crippen LogP contribution in [-0.4, -0.2) is 31.4 Å². The van der Waals surface area contributed by atoms with Crippen LogP contribution in [0.15, 0.2) is 0 Å². The summed E-state index contributed by atoms with van der Waals surface area (Å²) in [4.78, 5) is 22.9. The number of hydrogen-bond donors (Lipinski definition) is 0. The van der Waals surface area contributed by atoms with Crippen LogP contribution in [0.1, 0.15) is 78.1 Å². The van der Waals surface area contributed by atoms with Gasteiger partial charge in [-0.05, 0) is 6.42 Å². The van der Waals surface area contributed by atoms with E-state index in [0.717, 1.165) is 12.8 Å². The molecule has 0 aliphatic carbocycles. The van der Waals surface area contributed by atoms with Crippen molar-refractivity contribution in [2.24, 2.45) is 5.92 Å². The molecule has 0 amide bonds. The first-order chi connectivity index (χ1) is 11.1. The van der Waals surface area contributed by atoms with Gasteiger partial charge >= 0.3 is 12.1 Å². The molecule has 1 fully saturated rings. The Bertz CT molecular complexity index is 342. The van der Waals surface area contributed by atoms with Crippen molar-refractivity contribution in [2.45, 2.75) is 84.2 Å². The van der Waals surface area contributed by atoms with Crippen LogP contribution in [0.2, 0.25) is 0 Å². The molecule has 23 heavy (non-hydrogen) atoms. The van der Waals surface area contributed by atoms with E-state index >= 15 is 0 Å². The molecule has 5 heteroatoms. The minimum Gasteiger partial charge on any atom is -0.463 e. The topological polar surface area (TPSA) is 61.8 Å². The van der Waals surface area contributed by atoms with Gasteiger partial charge in [0, 0.05) is 5.92 Å². The van der Waals surface area contributed by atoms with Crippen LogP contribution in [0.4, 0.5) is 4.79 Å². The molecule has 0 aromatic rings. The highest BCUT2D eigenvalue weighted by atomic mass is 16.7. The molecule has 5 nitrogen and oxygen atoms in total. The van der Waals surface area contributed by atoms with Crippen molar-refractivity contribution < 1.29 is 23.8 Å². The summed E-state index contributed by atoms with van der Waals surface area (Å²) in [7, 11) is 0. The summed E-state index contributed by atoms with van der Waals surface area (Å²) in [5.41, 5.74) is 0. The highest BCUT2D eigenvalue weighted by Gasteiger charge is 2.35. The molecule has 1 rings (SSSR count). The average Bonchev–Trinajstić information content (AvgIpc) is 2.54. The Morgan fingerprint density at radius 3 is 2.22 bits per heavy atom. The van der Waals surface area contributed by atoms with Crippen molar-refractivity contribution in [1.82, 2.24) is 0 Å². The fourth-order valence-electron chi connectivity index (χ4n) is 2.67. The predicted molar refractivity (Wildman–Crippen MR) is 88.2 cm³/mol. The fourth-order valence-corrected chi connectivity index (χ4v) is 2.67. The van der Waals surface area contributed by atoms with E-state index in [1.165, 1.54) is 51.4 Å². The summed E-state index contributed by atoms with van der Waals surface area (Å²) < 4.78 is 14.8. The number of hydrogen-bond acceptors (Lipinski definition) is 5. The molecule has 0 spiro atoms. The number of rotatable bonds is 12. The van der Waals surface area contributed by atoms with Crippen molar-refractivity contribution >= 4 is 12.1 Å². The molecule has 0 aromatic carbocycles. The zero-order chi connectivity index (χ0) is 16.9. The van der Waals surface area contributed by atoms with E-state index in [1.54, 1.807) is 6.92 Å². The van der Waals surface area contributed by atoms with Crippen molar-refractivity contribution in [3.8, 4) is 0 Å². The number of cyclic esters (lactones) is 2. The normalized spacial score (nSPS) is 20.7. The lowest BCUT2D eigenvalue weighted by Gasteiger charge is -2.26. The lowest BCUT2D eigenvalue weighted by atomic mass is 10.1. The van der Waals surface area contributed by atoms with Gasteiger partial charge in [0.15, 0.2) is 0 Å². The summed E-state index contributed by atoms with van der Waals surface area (Å²) >= 11 is 0. The Morgan fingerprint density at radius 2 is 1.61 bits per heavy atom. The second-order valence-corrected chi connectivity index (χ2v) is 6.43. The number of carbonyl (C=O) groups is 2. The summed E-state index contributed by atoms with van der Waals surface area (Å²) in [6.45, 7) is 4.65. The monoisotopic (exact) mass is 328 g/mol. The van der Waals surface area contributed by atoms with E-state index in [-0.39, 0.29) is 12.5 Å². The van der Waals surface area contributed by atoms with Gasteiger partial charge in [-0.3, -0.25) is 0 Å². The lowest BCUT2D eigenvalue weighted by Crippen LogP contribution is -2.41. The van der Waals surface area contributed by atoms with Gasteiger partial charge in [-0.15, -0.1) is 0 Å². The minimum absolute atomic E-state index is 0.159. The molecular formula is C18H32O5. The van der Waals surface area contributed by atoms with Gasteiger partial charge < -0.3 is 14.2 Å². The van der Waals surface area contributed by atoms with Crippen molar-refractivity contribution in [3.05, 3.63) is 0 Å². The lowest BCUT2D eigenvalue weighted by molar-refractivity contribution is -0.164. The molecule has 1 heterocycles. The number of ether oxygens (including phenoxy) is 3. The maximum Gasteiger partial charge on any atom is 0.509 e. The largest absolute Gasteiger partial charge is 0.509 e. The molecule has 0 bridgehead atoms. The molecule has 1 aliphatic rings. The zero-order valence-corrected chi connectivity index (χ0v) is 14.7. The van der Waals surface area contributed by atoms with Crippen molar-refractivity contribution in [3.63, 3.8) is 0 Å². The zero-order valence-electron chi connectivity index (χ0n) is 14.7. The molecule has 2 atom stereocenters. The predicted octanol–water partition coefficient (Wildman–Crippen LogP) is 4.62. The first-order valence-corrected chi connectivity index (χ1v) is 9.15. The van der Waals surface area contributed by atoms with Crippen molar-refractivity contribution in [2.75, 3.05) is 13.2 Å². The molecule has 1 aliphatic heterocycles. The minimum atomic E-state index is -0.820. The van der Waals surface area contributed by atoms with Crippen LogP contribution in [0.5, 0.6) is 0 Å². The summed E-state index contributed by atoms with van der Waals surface area (Å²) in [5, 5.41) is 0. The van der Waals surface area contributed by atoms with E-state index in [2.05, 4.69) is 6.92 Å². The van der Waals surface area contributed by atoms with Gasteiger partial charge in [-0.1, -0.05) is 71.6 Å². The third kappa shape index (κ3) is 8.82. The summed E-state index contributed by atoms with van der Waals surface area (Å²) in [5.74, 6) is -0.613. The Hall–Kier alpha value is -1.26. The highest BCUT2D eigenvalue weighted by Crippen LogP contribution is 2.17. The maximum atomic E-state index is 11.9. The van der Waals surface area contributed by atoms with Crippen LogP contribution in [-0.2, 0) is 19.0 Å². The Labute approximate surface area is 140 Å². The number of unbranched alkanes of at least 4 members (excludes halogenated alkanes) is 9. The van der Waals surface area contributed by atoms with Gasteiger partial charge in [-0.2, -0.15) is 0 Å². The molecule has 0 aromatic heterocycles. The quantitative estimate of drug-likeness (QED) is 0.386. The first-order valence-electron chi connectivity index (χ1n) is 9.15. The molecule has 2 unspecified atom stereocenters. The van der Waals surface area contributed by atoms with Crippen LogP contribution in [0.3, 0.4) is 0 Å². The summed E-state index contributed by atoms with van der Waals surface area (Å²) in [6, 6.07) is 0. The van der Waals surface area contributed by atoms with Gasteiger partial charge in [0.1, 0.15) is 6.61 Å². The van der Waals surface area contributed by atoms with Crippen LogP contribution >= 0.6 is 0 Å². The molecular weight excluding hydrogens is 296 g/mol. The van der Waals surface area contributed by atoms with Crippen LogP contribution < -0.4 is 0 Å².